The van der Waals surface area contributed by atoms with E-state index in [2.05, 4.69) is 30.2 Å². The highest BCUT2D eigenvalue weighted by atomic mass is 16.6. The fourth-order valence-electron chi connectivity index (χ4n) is 2.35. The van der Waals surface area contributed by atoms with Crippen LogP contribution in [0.2, 0.25) is 0 Å². The number of carbonyl (C=O) groups excluding carboxylic acids is 1. The average molecular weight is 392 g/mol. The molecule has 0 aliphatic carbocycles. The number of hydrogen-bond donors (Lipinski definition) is 2. The molecular formula is C20H20N6O3. The fourth-order valence-corrected chi connectivity index (χ4v) is 2.35. The van der Waals surface area contributed by atoms with Crippen LogP contribution in [-0.2, 0) is 9.57 Å². The summed E-state index contributed by atoms with van der Waals surface area (Å²) >= 11 is 0. The summed E-state index contributed by atoms with van der Waals surface area (Å²) in [5, 5.41) is 7.02. The molecule has 9 heteroatoms. The third-order valence-electron chi connectivity index (χ3n) is 3.82. The normalized spacial score (nSPS) is 11.8. The second-order valence-electron chi connectivity index (χ2n) is 5.96. The number of esters is 1. The second kappa shape index (κ2) is 9.27. The molecule has 0 bridgehead atoms. The Balaban J connectivity index is 1.65. The number of oxime groups is 1. The maximum Gasteiger partial charge on any atom is 0.337 e. The number of carbonyl (C=O) groups is 1. The molecule has 0 aliphatic heterocycles. The van der Waals surface area contributed by atoms with Crippen LogP contribution in [0, 0.1) is 0 Å². The van der Waals surface area contributed by atoms with E-state index in [1.54, 1.807) is 31.2 Å². The number of aromatic nitrogens is 3. The first-order chi connectivity index (χ1) is 14.0. The van der Waals surface area contributed by atoms with E-state index in [0.29, 0.717) is 17.3 Å². The van der Waals surface area contributed by atoms with Crippen molar-refractivity contribution in [2.45, 2.75) is 13.0 Å². The number of rotatable bonds is 7. The highest BCUT2D eigenvalue weighted by Gasteiger charge is 2.13. The minimum Gasteiger partial charge on any atom is -0.465 e. The Morgan fingerprint density at radius 1 is 1.10 bits per heavy atom. The molecule has 0 saturated heterocycles. The van der Waals surface area contributed by atoms with Crippen LogP contribution in [0.25, 0.3) is 0 Å². The molecule has 9 nitrogen and oxygen atoms in total. The van der Waals surface area contributed by atoms with Crippen LogP contribution in [0.5, 0.6) is 0 Å². The lowest BCUT2D eigenvalue weighted by molar-refractivity contribution is 0.0600. The molecule has 0 amide bonds. The number of para-hydroxylation sites is 1. The number of ether oxygens (including phenoxy) is 1. The molecule has 3 rings (SSSR count). The van der Waals surface area contributed by atoms with Gasteiger partial charge in [-0.1, -0.05) is 35.5 Å². The summed E-state index contributed by atoms with van der Waals surface area (Å²) in [5.74, 6) is 0.336. The largest absolute Gasteiger partial charge is 0.465 e. The molecule has 0 spiro atoms. The van der Waals surface area contributed by atoms with Gasteiger partial charge in [-0.25, -0.2) is 4.79 Å². The van der Waals surface area contributed by atoms with Crippen LogP contribution >= 0.6 is 0 Å². The smallest absolute Gasteiger partial charge is 0.337 e. The van der Waals surface area contributed by atoms with Gasteiger partial charge in [-0.05, 0) is 36.8 Å². The number of nitrogens with one attached hydrogen (secondary N) is 1. The van der Waals surface area contributed by atoms with Gasteiger partial charge in [0.15, 0.2) is 11.9 Å². The molecule has 0 radical (unpaired) electrons. The van der Waals surface area contributed by atoms with Gasteiger partial charge in [0.2, 0.25) is 11.9 Å². The van der Waals surface area contributed by atoms with E-state index in [4.69, 9.17) is 10.6 Å². The summed E-state index contributed by atoms with van der Waals surface area (Å²) in [6, 6.07) is 16.2. The lowest BCUT2D eigenvalue weighted by atomic mass is 10.1. The van der Waals surface area contributed by atoms with Gasteiger partial charge in [-0.3, -0.25) is 0 Å². The number of benzene rings is 2. The van der Waals surface area contributed by atoms with Crippen molar-refractivity contribution in [1.82, 2.24) is 15.0 Å². The zero-order chi connectivity index (χ0) is 20.6. The van der Waals surface area contributed by atoms with Crippen molar-refractivity contribution in [1.29, 1.82) is 0 Å². The van der Waals surface area contributed by atoms with Crippen molar-refractivity contribution < 1.29 is 14.4 Å². The number of nitrogens with two attached hydrogens (primary N) is 1. The predicted octanol–water partition coefficient (Wildman–Crippen LogP) is 3.10. The summed E-state index contributed by atoms with van der Waals surface area (Å²) in [6.07, 6.45) is 0.966. The van der Waals surface area contributed by atoms with E-state index in [1.807, 2.05) is 30.3 Å². The first kappa shape index (κ1) is 19.7. The van der Waals surface area contributed by atoms with E-state index < -0.39 is 12.1 Å². The van der Waals surface area contributed by atoms with Crippen molar-refractivity contribution in [3.8, 4) is 0 Å². The zero-order valence-corrected chi connectivity index (χ0v) is 15.9. The monoisotopic (exact) mass is 392 g/mol. The second-order valence-corrected chi connectivity index (χ2v) is 5.96. The van der Waals surface area contributed by atoms with Gasteiger partial charge in [0.1, 0.15) is 0 Å². The number of nitrogens with zero attached hydrogens (tertiary/aromatic N) is 4. The standard InChI is InChI=1S/C20H20N6O3/c1-13(29-22-12-14-8-10-15(11-9-14)18(27)28-2)17-24-19(21)26-20(25-17)23-16-6-4-3-5-7-16/h3-13H,1-2H3,(H3,21,23,24,25,26). The molecule has 29 heavy (non-hydrogen) atoms. The zero-order valence-electron chi connectivity index (χ0n) is 15.9. The highest BCUT2D eigenvalue weighted by molar-refractivity contribution is 5.90. The Morgan fingerprint density at radius 2 is 1.83 bits per heavy atom. The maximum absolute atomic E-state index is 11.4. The third kappa shape index (κ3) is 5.48. The predicted molar refractivity (Wildman–Crippen MR) is 109 cm³/mol. The van der Waals surface area contributed by atoms with Crippen molar-refractivity contribution in [2.24, 2.45) is 5.16 Å². The lowest BCUT2D eigenvalue weighted by Crippen LogP contribution is -2.10. The molecule has 0 saturated carbocycles. The van der Waals surface area contributed by atoms with Gasteiger partial charge in [0.05, 0.1) is 18.9 Å². The number of methoxy groups -OCH3 is 1. The average Bonchev–Trinajstić information content (AvgIpc) is 2.74. The Hall–Kier alpha value is -4.01. The minimum absolute atomic E-state index is 0.0752. The summed E-state index contributed by atoms with van der Waals surface area (Å²) in [5.41, 5.74) is 7.82. The Labute approximate surface area is 167 Å². The molecule has 148 valence electrons. The van der Waals surface area contributed by atoms with E-state index in [1.165, 1.54) is 13.3 Å². The fraction of sp³-hybridized carbons (Fsp3) is 0.150. The molecule has 0 fully saturated rings. The summed E-state index contributed by atoms with van der Waals surface area (Å²) in [6.45, 7) is 1.75. The highest BCUT2D eigenvalue weighted by Crippen LogP contribution is 2.18. The quantitative estimate of drug-likeness (QED) is 0.357. The first-order valence-corrected chi connectivity index (χ1v) is 8.76. The molecule has 1 aromatic heterocycles. The Bertz CT molecular complexity index is 993. The van der Waals surface area contributed by atoms with Crippen LogP contribution in [0.15, 0.2) is 59.8 Å². The van der Waals surface area contributed by atoms with Gasteiger partial charge in [-0.2, -0.15) is 15.0 Å². The molecule has 1 atom stereocenters. The number of nitrogen functional groups attached to an aromatic ring is 1. The van der Waals surface area contributed by atoms with Crippen LogP contribution in [0.4, 0.5) is 17.6 Å². The van der Waals surface area contributed by atoms with E-state index in [9.17, 15) is 4.79 Å². The minimum atomic E-state index is -0.554. The molecule has 2 aromatic carbocycles. The molecule has 1 unspecified atom stereocenters. The van der Waals surface area contributed by atoms with Gasteiger partial charge < -0.3 is 20.6 Å². The topological polar surface area (TPSA) is 125 Å². The Morgan fingerprint density at radius 3 is 2.52 bits per heavy atom. The van der Waals surface area contributed by atoms with Gasteiger partial charge in [0.25, 0.3) is 0 Å². The van der Waals surface area contributed by atoms with Crippen molar-refractivity contribution in [3.63, 3.8) is 0 Å². The molecule has 3 N–H and O–H groups in total. The molecular weight excluding hydrogens is 372 g/mol. The molecule has 0 aliphatic rings. The Kier molecular flexibility index (Phi) is 6.31. The van der Waals surface area contributed by atoms with Crippen molar-refractivity contribution >= 4 is 29.8 Å². The van der Waals surface area contributed by atoms with Gasteiger partial charge >= 0.3 is 5.97 Å². The van der Waals surface area contributed by atoms with E-state index in [-0.39, 0.29) is 5.95 Å². The summed E-state index contributed by atoms with van der Waals surface area (Å²) in [7, 11) is 1.33. The number of hydrogen-bond acceptors (Lipinski definition) is 9. The van der Waals surface area contributed by atoms with E-state index >= 15 is 0 Å². The first-order valence-electron chi connectivity index (χ1n) is 8.76. The van der Waals surface area contributed by atoms with E-state index in [0.717, 1.165) is 11.3 Å². The van der Waals surface area contributed by atoms with Crippen molar-refractivity contribution in [3.05, 3.63) is 71.5 Å². The number of anilines is 3. The van der Waals surface area contributed by atoms with Crippen molar-refractivity contribution in [2.75, 3.05) is 18.2 Å². The SMILES string of the molecule is COC(=O)c1ccc(C=NOC(C)c2nc(N)nc(Nc3ccccc3)n2)cc1. The van der Waals surface area contributed by atoms with Crippen LogP contribution in [0.1, 0.15) is 34.8 Å². The third-order valence-corrected chi connectivity index (χ3v) is 3.82. The van der Waals surface area contributed by atoms with Crippen LogP contribution < -0.4 is 11.1 Å². The maximum atomic E-state index is 11.4. The van der Waals surface area contributed by atoms with Crippen LogP contribution in [0.3, 0.4) is 0 Å². The van der Waals surface area contributed by atoms with Crippen LogP contribution in [-0.4, -0.2) is 34.2 Å². The summed E-state index contributed by atoms with van der Waals surface area (Å²) in [4.78, 5) is 29.4. The van der Waals surface area contributed by atoms with Gasteiger partial charge in [0, 0.05) is 5.69 Å². The molecule has 1 heterocycles. The lowest BCUT2D eigenvalue weighted by Gasteiger charge is -2.11. The molecule has 3 aromatic rings. The van der Waals surface area contributed by atoms with Gasteiger partial charge in [-0.15, -0.1) is 0 Å². The summed E-state index contributed by atoms with van der Waals surface area (Å²) < 4.78 is 4.66.